The van der Waals surface area contributed by atoms with Gasteiger partial charge in [-0.05, 0) is 48.7 Å². The molecule has 31 heavy (non-hydrogen) atoms. The first kappa shape index (κ1) is 21.9. The molecule has 4 atom stereocenters. The molecule has 164 valence electrons. The highest BCUT2D eigenvalue weighted by molar-refractivity contribution is 6.41. The fourth-order valence-corrected chi connectivity index (χ4v) is 4.87. The number of rotatable bonds is 4. The van der Waals surface area contributed by atoms with Crippen molar-refractivity contribution < 1.29 is 15.0 Å². The van der Waals surface area contributed by atoms with E-state index in [0.717, 1.165) is 24.8 Å². The largest absolute Gasteiger partial charge is 0.508 e. The van der Waals surface area contributed by atoms with E-state index in [-0.39, 0.29) is 29.7 Å². The lowest BCUT2D eigenvalue weighted by Crippen LogP contribution is -2.48. The van der Waals surface area contributed by atoms with Gasteiger partial charge in [-0.1, -0.05) is 55.1 Å². The average Bonchev–Trinajstić information content (AvgIpc) is 3.07. The molecule has 3 N–H and O–H groups in total. The number of carbonyl (C=O) groups excluding carboxylic acids is 1. The number of halogens is 2. The number of hydrogen-bond acceptors (Lipinski definition) is 5. The van der Waals surface area contributed by atoms with Crippen LogP contribution in [-0.2, 0) is 4.79 Å². The number of hydrogen-bond donors (Lipinski definition) is 3. The van der Waals surface area contributed by atoms with Crippen LogP contribution in [0.15, 0.2) is 47.6 Å². The van der Waals surface area contributed by atoms with Gasteiger partial charge in [0.15, 0.2) is 0 Å². The van der Waals surface area contributed by atoms with E-state index < -0.39 is 6.10 Å². The Morgan fingerprint density at radius 2 is 1.84 bits per heavy atom. The minimum atomic E-state index is -0.537. The van der Waals surface area contributed by atoms with E-state index >= 15 is 0 Å². The van der Waals surface area contributed by atoms with Gasteiger partial charge < -0.3 is 15.5 Å². The Labute approximate surface area is 191 Å². The monoisotopic (exact) mass is 461 g/mol. The van der Waals surface area contributed by atoms with Gasteiger partial charge in [-0.2, -0.15) is 5.10 Å². The first-order chi connectivity index (χ1) is 14.8. The molecule has 4 rings (SSSR count). The predicted octanol–water partition coefficient (Wildman–Crippen LogP) is 4.67. The van der Waals surface area contributed by atoms with Crippen molar-refractivity contribution in [3.8, 4) is 5.75 Å². The number of anilines is 1. The molecule has 1 fully saturated rings. The van der Waals surface area contributed by atoms with E-state index in [1.165, 1.54) is 0 Å². The van der Waals surface area contributed by atoms with E-state index in [2.05, 4.69) is 10.4 Å². The molecule has 0 spiro atoms. The SMILES string of the molecule is C[C@H]1C(C(=O)N[C@@H]2CCCC[C@H]2O)=NN(c2ccc(Cl)cc2Cl)[C@H]1c1ccc(O)cc1. The van der Waals surface area contributed by atoms with Crippen LogP contribution in [0.5, 0.6) is 5.75 Å². The van der Waals surface area contributed by atoms with Crippen LogP contribution >= 0.6 is 23.2 Å². The molecule has 0 unspecified atom stereocenters. The molecule has 6 nitrogen and oxygen atoms in total. The minimum Gasteiger partial charge on any atom is -0.508 e. The van der Waals surface area contributed by atoms with E-state index in [9.17, 15) is 15.0 Å². The molecule has 1 aliphatic carbocycles. The van der Waals surface area contributed by atoms with Gasteiger partial charge in [-0.3, -0.25) is 9.80 Å². The molecule has 2 aromatic carbocycles. The molecule has 1 amide bonds. The van der Waals surface area contributed by atoms with Crippen LogP contribution in [0.25, 0.3) is 0 Å². The second-order valence-electron chi connectivity index (χ2n) is 8.18. The standard InChI is InChI=1S/C23H25Cl2N3O3/c1-13-21(23(31)26-18-4-2-3-5-20(18)30)27-28(19-11-8-15(24)12-17(19)25)22(13)14-6-9-16(29)10-7-14/h6-13,18,20,22,29-30H,2-5H2,1H3,(H,26,31)/t13-,18+,20+,22+/m0/s1. The summed E-state index contributed by atoms with van der Waals surface area (Å²) in [5.41, 5.74) is 1.90. The third-order valence-electron chi connectivity index (χ3n) is 6.05. The minimum absolute atomic E-state index is 0.163. The number of carbonyl (C=O) groups is 1. The molecule has 1 aliphatic heterocycles. The van der Waals surface area contributed by atoms with Crippen molar-refractivity contribution in [3.05, 3.63) is 58.1 Å². The first-order valence-corrected chi connectivity index (χ1v) is 11.2. The summed E-state index contributed by atoms with van der Waals surface area (Å²) in [5.74, 6) is -0.373. The molecule has 1 saturated carbocycles. The van der Waals surface area contributed by atoms with Gasteiger partial charge >= 0.3 is 0 Å². The van der Waals surface area contributed by atoms with Gasteiger partial charge in [0.1, 0.15) is 11.5 Å². The third-order valence-corrected chi connectivity index (χ3v) is 6.59. The van der Waals surface area contributed by atoms with Crippen molar-refractivity contribution in [2.45, 2.75) is 50.8 Å². The van der Waals surface area contributed by atoms with Crippen molar-refractivity contribution in [3.63, 3.8) is 0 Å². The molecule has 0 radical (unpaired) electrons. The summed E-state index contributed by atoms with van der Waals surface area (Å²) in [4.78, 5) is 13.1. The Balaban J connectivity index is 1.68. The molecule has 0 aromatic heterocycles. The summed E-state index contributed by atoms with van der Waals surface area (Å²) < 4.78 is 0. The zero-order chi connectivity index (χ0) is 22.1. The number of aromatic hydroxyl groups is 1. The van der Waals surface area contributed by atoms with Crippen LogP contribution in [0.1, 0.15) is 44.2 Å². The number of aliphatic hydroxyl groups is 1. The van der Waals surface area contributed by atoms with Gasteiger partial charge in [0.25, 0.3) is 5.91 Å². The van der Waals surface area contributed by atoms with Crippen LogP contribution in [0.4, 0.5) is 5.69 Å². The van der Waals surface area contributed by atoms with E-state index in [1.807, 2.05) is 19.1 Å². The number of nitrogens with zero attached hydrogens (tertiary/aromatic N) is 2. The predicted molar refractivity (Wildman–Crippen MR) is 123 cm³/mol. The summed E-state index contributed by atoms with van der Waals surface area (Å²) in [7, 11) is 0. The summed E-state index contributed by atoms with van der Waals surface area (Å²) in [5, 5.41) is 30.3. The quantitative estimate of drug-likeness (QED) is 0.617. The number of hydrazone groups is 1. The number of aliphatic hydroxyl groups excluding tert-OH is 1. The lowest BCUT2D eigenvalue weighted by molar-refractivity contribution is -0.116. The van der Waals surface area contributed by atoms with Crippen molar-refractivity contribution >= 4 is 40.5 Å². The highest BCUT2D eigenvalue weighted by Crippen LogP contribution is 2.42. The van der Waals surface area contributed by atoms with Crippen molar-refractivity contribution in [1.29, 1.82) is 0 Å². The Bertz CT molecular complexity index is 996. The summed E-state index contributed by atoms with van der Waals surface area (Å²) >= 11 is 12.5. The Hall–Kier alpha value is -2.28. The number of phenols is 1. The lowest BCUT2D eigenvalue weighted by atomic mass is 9.89. The number of phenolic OH excluding ortho intramolecular Hbond substituents is 1. The Kier molecular flexibility index (Phi) is 6.42. The summed E-state index contributed by atoms with van der Waals surface area (Å²) in [6.45, 7) is 1.94. The second kappa shape index (κ2) is 9.07. The fraction of sp³-hybridized carbons (Fsp3) is 0.391. The Morgan fingerprint density at radius 1 is 1.13 bits per heavy atom. The molecule has 0 bridgehead atoms. The van der Waals surface area contributed by atoms with E-state index in [0.29, 0.717) is 27.9 Å². The van der Waals surface area contributed by atoms with Crippen LogP contribution < -0.4 is 10.3 Å². The van der Waals surface area contributed by atoms with Crippen molar-refractivity contribution in [1.82, 2.24) is 5.32 Å². The maximum Gasteiger partial charge on any atom is 0.268 e. The smallest absolute Gasteiger partial charge is 0.268 e. The highest BCUT2D eigenvalue weighted by Gasteiger charge is 2.41. The fourth-order valence-electron chi connectivity index (χ4n) is 4.38. The molecule has 8 heteroatoms. The van der Waals surface area contributed by atoms with Gasteiger partial charge in [0.05, 0.1) is 28.9 Å². The van der Waals surface area contributed by atoms with Gasteiger partial charge in [-0.15, -0.1) is 0 Å². The van der Waals surface area contributed by atoms with Gasteiger partial charge in [0, 0.05) is 10.9 Å². The molecule has 2 aliphatic rings. The summed E-state index contributed by atoms with van der Waals surface area (Å²) in [6.07, 6.45) is 2.85. The molecular weight excluding hydrogens is 437 g/mol. The topological polar surface area (TPSA) is 85.2 Å². The molecule has 2 aromatic rings. The van der Waals surface area contributed by atoms with Gasteiger partial charge in [-0.25, -0.2) is 0 Å². The lowest BCUT2D eigenvalue weighted by Gasteiger charge is -2.29. The maximum atomic E-state index is 13.1. The number of nitrogens with one attached hydrogen (secondary N) is 1. The van der Waals surface area contributed by atoms with Crippen LogP contribution in [0.2, 0.25) is 10.0 Å². The third kappa shape index (κ3) is 4.52. The van der Waals surface area contributed by atoms with Crippen LogP contribution in [-0.4, -0.2) is 34.0 Å². The van der Waals surface area contributed by atoms with E-state index in [1.54, 1.807) is 35.3 Å². The van der Waals surface area contributed by atoms with Crippen molar-refractivity contribution in [2.75, 3.05) is 5.01 Å². The number of amides is 1. The van der Waals surface area contributed by atoms with Crippen molar-refractivity contribution in [2.24, 2.45) is 11.0 Å². The normalized spacial score (nSPS) is 25.9. The Morgan fingerprint density at radius 3 is 2.52 bits per heavy atom. The van der Waals surface area contributed by atoms with Crippen LogP contribution in [0.3, 0.4) is 0 Å². The van der Waals surface area contributed by atoms with Gasteiger partial charge in [0.2, 0.25) is 0 Å². The zero-order valence-electron chi connectivity index (χ0n) is 17.1. The maximum absolute atomic E-state index is 13.1. The molecule has 0 saturated heterocycles. The zero-order valence-corrected chi connectivity index (χ0v) is 18.6. The molecule has 1 heterocycles. The molecular formula is C23H25Cl2N3O3. The van der Waals surface area contributed by atoms with Crippen LogP contribution in [0, 0.1) is 5.92 Å². The number of benzene rings is 2. The summed E-state index contributed by atoms with van der Waals surface area (Å²) in [6, 6.07) is 11.4. The first-order valence-electron chi connectivity index (χ1n) is 10.5. The van der Waals surface area contributed by atoms with E-state index in [4.69, 9.17) is 23.2 Å². The highest BCUT2D eigenvalue weighted by atomic mass is 35.5. The second-order valence-corrected chi connectivity index (χ2v) is 9.03. The average molecular weight is 462 g/mol.